The number of hydrogen-bond donors (Lipinski definition) is 0. The van der Waals surface area contributed by atoms with Crippen molar-refractivity contribution in [3.8, 4) is 11.9 Å². The standard InChI is InChI=1S/C20H27N3O3/c21-9-16-1-2-20(22-10-16)25-8-5-17-14-26-19-13-23(12-18(17)19)11-15-3-6-24-7-4-15/h1-2,10,15,17-19H,3-8,11-14H2/t17-,18-,19-/m0/s1. The second-order valence-electron chi connectivity index (χ2n) is 7.70. The van der Waals surface area contributed by atoms with Gasteiger partial charge < -0.3 is 19.1 Å². The molecule has 0 saturated carbocycles. The van der Waals surface area contributed by atoms with Crippen molar-refractivity contribution in [1.29, 1.82) is 5.26 Å². The fourth-order valence-corrected chi connectivity index (χ4v) is 4.47. The van der Waals surface area contributed by atoms with E-state index >= 15 is 0 Å². The maximum absolute atomic E-state index is 8.81. The van der Waals surface area contributed by atoms with Gasteiger partial charge in [-0.1, -0.05) is 0 Å². The van der Waals surface area contributed by atoms with Crippen LogP contribution in [0.5, 0.6) is 5.88 Å². The third-order valence-electron chi connectivity index (χ3n) is 5.98. The van der Waals surface area contributed by atoms with Crippen LogP contribution in [0.2, 0.25) is 0 Å². The normalized spacial score (nSPS) is 29.4. The molecule has 0 unspecified atom stereocenters. The molecule has 6 nitrogen and oxygen atoms in total. The highest BCUT2D eigenvalue weighted by Crippen LogP contribution is 2.36. The predicted octanol–water partition coefficient (Wildman–Crippen LogP) is 2.10. The second kappa shape index (κ2) is 8.34. The third-order valence-corrected chi connectivity index (χ3v) is 5.98. The molecule has 3 aliphatic rings. The Morgan fingerprint density at radius 2 is 2.15 bits per heavy atom. The largest absolute Gasteiger partial charge is 0.478 e. The summed E-state index contributed by atoms with van der Waals surface area (Å²) in [6, 6.07) is 5.57. The molecule has 0 N–H and O–H groups in total. The molecule has 26 heavy (non-hydrogen) atoms. The number of fused-ring (bicyclic) bond motifs is 1. The minimum atomic E-state index is 0.396. The van der Waals surface area contributed by atoms with Crippen molar-refractivity contribution in [3.05, 3.63) is 23.9 Å². The quantitative estimate of drug-likeness (QED) is 0.777. The molecule has 0 aromatic carbocycles. The summed E-state index contributed by atoms with van der Waals surface area (Å²) in [5.41, 5.74) is 0.556. The van der Waals surface area contributed by atoms with Gasteiger partial charge >= 0.3 is 0 Å². The summed E-state index contributed by atoms with van der Waals surface area (Å²) in [5, 5.41) is 8.81. The molecule has 0 bridgehead atoms. The zero-order valence-electron chi connectivity index (χ0n) is 15.2. The van der Waals surface area contributed by atoms with Crippen molar-refractivity contribution in [2.75, 3.05) is 46.1 Å². The maximum atomic E-state index is 8.81. The van der Waals surface area contributed by atoms with Crippen LogP contribution in [0.4, 0.5) is 0 Å². The van der Waals surface area contributed by atoms with E-state index in [1.807, 2.05) is 0 Å². The van der Waals surface area contributed by atoms with E-state index in [1.54, 1.807) is 18.3 Å². The molecule has 4 rings (SSSR count). The first-order valence-corrected chi connectivity index (χ1v) is 9.72. The second-order valence-corrected chi connectivity index (χ2v) is 7.70. The molecule has 3 aliphatic heterocycles. The van der Waals surface area contributed by atoms with Crippen LogP contribution in [-0.4, -0.2) is 62.0 Å². The predicted molar refractivity (Wildman–Crippen MR) is 95.8 cm³/mol. The Balaban J connectivity index is 1.22. The SMILES string of the molecule is N#Cc1ccc(OCC[C@H]2CO[C@H]3CN(CC4CCOCC4)C[C@@H]23)nc1. The Hall–Kier alpha value is -1.68. The number of rotatable bonds is 6. The minimum absolute atomic E-state index is 0.396. The fourth-order valence-electron chi connectivity index (χ4n) is 4.47. The van der Waals surface area contributed by atoms with Gasteiger partial charge in [-0.3, -0.25) is 0 Å². The molecule has 1 aromatic rings. The number of nitrogens with zero attached hydrogens (tertiary/aromatic N) is 3. The summed E-state index contributed by atoms with van der Waals surface area (Å²) in [4.78, 5) is 6.76. The summed E-state index contributed by atoms with van der Waals surface area (Å²) in [6.45, 7) is 6.77. The molecule has 140 valence electrons. The van der Waals surface area contributed by atoms with Crippen molar-refractivity contribution in [2.45, 2.75) is 25.4 Å². The number of nitriles is 1. The summed E-state index contributed by atoms with van der Waals surface area (Å²) < 4.78 is 17.3. The average Bonchev–Trinajstić information content (AvgIpc) is 3.24. The number of likely N-dealkylation sites (tertiary alicyclic amines) is 1. The van der Waals surface area contributed by atoms with Gasteiger partial charge in [0.2, 0.25) is 5.88 Å². The average molecular weight is 357 g/mol. The van der Waals surface area contributed by atoms with Gasteiger partial charge in [0.05, 0.1) is 24.9 Å². The molecule has 0 aliphatic carbocycles. The van der Waals surface area contributed by atoms with Crippen LogP contribution < -0.4 is 4.74 Å². The molecular formula is C20H27N3O3. The van der Waals surface area contributed by atoms with Crippen molar-refractivity contribution < 1.29 is 14.2 Å². The number of aromatic nitrogens is 1. The molecule has 0 amide bonds. The Kier molecular flexibility index (Phi) is 5.68. The van der Waals surface area contributed by atoms with Crippen LogP contribution in [-0.2, 0) is 9.47 Å². The molecule has 1 aromatic heterocycles. The molecule has 3 atom stereocenters. The molecule has 6 heteroatoms. The smallest absolute Gasteiger partial charge is 0.213 e. The Bertz CT molecular complexity index is 624. The summed E-state index contributed by atoms with van der Waals surface area (Å²) >= 11 is 0. The van der Waals surface area contributed by atoms with Crippen LogP contribution in [0.25, 0.3) is 0 Å². The van der Waals surface area contributed by atoms with Crippen molar-refractivity contribution in [2.24, 2.45) is 17.8 Å². The van der Waals surface area contributed by atoms with E-state index in [9.17, 15) is 0 Å². The van der Waals surface area contributed by atoms with Crippen LogP contribution in [0.3, 0.4) is 0 Å². The first kappa shape index (κ1) is 17.7. The van der Waals surface area contributed by atoms with E-state index in [4.69, 9.17) is 19.5 Å². The van der Waals surface area contributed by atoms with Gasteiger partial charge in [0, 0.05) is 51.0 Å². The van der Waals surface area contributed by atoms with Crippen LogP contribution >= 0.6 is 0 Å². The zero-order chi connectivity index (χ0) is 17.8. The van der Waals surface area contributed by atoms with Crippen LogP contribution in [0, 0.1) is 29.1 Å². The lowest BCUT2D eigenvalue weighted by Crippen LogP contribution is -2.32. The summed E-state index contributed by atoms with van der Waals surface area (Å²) in [7, 11) is 0. The van der Waals surface area contributed by atoms with Gasteiger partial charge in [0.15, 0.2) is 0 Å². The van der Waals surface area contributed by atoms with Gasteiger partial charge in [-0.2, -0.15) is 5.26 Å². The lowest BCUT2D eigenvalue weighted by atomic mass is 9.91. The number of pyridine rings is 1. The van der Waals surface area contributed by atoms with Crippen LogP contribution in [0.15, 0.2) is 18.3 Å². The van der Waals surface area contributed by atoms with Gasteiger partial charge in [-0.15, -0.1) is 0 Å². The van der Waals surface area contributed by atoms with E-state index < -0.39 is 0 Å². The Labute approximate surface area is 155 Å². The monoisotopic (exact) mass is 357 g/mol. The first-order chi connectivity index (χ1) is 12.8. The Morgan fingerprint density at radius 3 is 2.92 bits per heavy atom. The van der Waals surface area contributed by atoms with E-state index in [-0.39, 0.29) is 0 Å². The number of hydrogen-bond acceptors (Lipinski definition) is 6. The molecule has 4 heterocycles. The van der Waals surface area contributed by atoms with Gasteiger partial charge in [0.25, 0.3) is 0 Å². The first-order valence-electron chi connectivity index (χ1n) is 9.72. The number of ether oxygens (including phenoxy) is 3. The van der Waals surface area contributed by atoms with E-state index in [0.29, 0.717) is 36.0 Å². The van der Waals surface area contributed by atoms with Gasteiger partial charge in [-0.05, 0) is 37.2 Å². The highest BCUT2D eigenvalue weighted by Gasteiger charge is 2.43. The minimum Gasteiger partial charge on any atom is -0.478 e. The topological polar surface area (TPSA) is 67.6 Å². The summed E-state index contributed by atoms with van der Waals surface area (Å²) in [6.07, 6.45) is 5.33. The van der Waals surface area contributed by atoms with Crippen molar-refractivity contribution >= 4 is 0 Å². The molecule has 3 saturated heterocycles. The highest BCUT2D eigenvalue weighted by molar-refractivity contribution is 5.28. The lowest BCUT2D eigenvalue weighted by molar-refractivity contribution is 0.0484. The van der Waals surface area contributed by atoms with E-state index in [1.165, 1.54) is 19.4 Å². The summed E-state index contributed by atoms with van der Waals surface area (Å²) in [5.74, 6) is 2.57. The fraction of sp³-hybridized carbons (Fsp3) is 0.700. The van der Waals surface area contributed by atoms with Crippen LogP contribution in [0.1, 0.15) is 24.8 Å². The Morgan fingerprint density at radius 1 is 1.27 bits per heavy atom. The molecule has 0 spiro atoms. The van der Waals surface area contributed by atoms with Gasteiger partial charge in [0.1, 0.15) is 6.07 Å². The van der Waals surface area contributed by atoms with Gasteiger partial charge in [-0.25, -0.2) is 4.98 Å². The van der Waals surface area contributed by atoms with Crippen molar-refractivity contribution in [1.82, 2.24) is 9.88 Å². The lowest BCUT2D eigenvalue weighted by Gasteiger charge is -2.27. The van der Waals surface area contributed by atoms with Crippen molar-refractivity contribution in [3.63, 3.8) is 0 Å². The molecular weight excluding hydrogens is 330 g/mol. The molecule has 3 fully saturated rings. The molecule has 0 radical (unpaired) electrons. The van der Waals surface area contributed by atoms with E-state index in [2.05, 4.69) is 16.0 Å². The highest BCUT2D eigenvalue weighted by atomic mass is 16.5. The zero-order valence-corrected chi connectivity index (χ0v) is 15.2. The third kappa shape index (κ3) is 4.17. The van der Waals surface area contributed by atoms with E-state index in [0.717, 1.165) is 45.2 Å². The maximum Gasteiger partial charge on any atom is 0.213 e.